The summed E-state index contributed by atoms with van der Waals surface area (Å²) in [6.45, 7) is 0.296. The quantitative estimate of drug-likeness (QED) is 0.496. The molecule has 5 nitrogen and oxygen atoms in total. The van der Waals surface area contributed by atoms with Gasteiger partial charge in [0.2, 0.25) is 0 Å². The minimum absolute atomic E-state index is 0.130. The summed E-state index contributed by atoms with van der Waals surface area (Å²) in [6.07, 6.45) is 1.70. The number of anilines is 1. The van der Waals surface area contributed by atoms with Gasteiger partial charge in [-0.25, -0.2) is 0 Å². The number of aromatic nitrogens is 1. The lowest BCUT2D eigenvalue weighted by atomic mass is 10.2. The first-order valence-electron chi connectivity index (χ1n) is 9.32. The summed E-state index contributed by atoms with van der Waals surface area (Å²) in [5.41, 5.74) is 2.46. The van der Waals surface area contributed by atoms with E-state index in [4.69, 9.17) is 9.47 Å². The molecular weight excluding hydrogens is 364 g/mol. The van der Waals surface area contributed by atoms with E-state index in [1.54, 1.807) is 12.3 Å². The molecule has 29 heavy (non-hydrogen) atoms. The van der Waals surface area contributed by atoms with Crippen molar-refractivity contribution in [3.8, 4) is 11.5 Å². The second-order valence-corrected chi connectivity index (χ2v) is 6.44. The van der Waals surface area contributed by atoms with Crippen LogP contribution in [-0.2, 0) is 11.4 Å². The average Bonchev–Trinajstić information content (AvgIpc) is 2.78. The number of hydrogen-bond donors (Lipinski definition) is 1. The van der Waals surface area contributed by atoms with Crippen molar-refractivity contribution >= 4 is 22.5 Å². The molecule has 0 saturated heterocycles. The first kappa shape index (κ1) is 18.5. The number of para-hydroxylation sites is 3. The van der Waals surface area contributed by atoms with Gasteiger partial charge in [-0.05, 0) is 29.8 Å². The van der Waals surface area contributed by atoms with Crippen LogP contribution in [0.4, 0.5) is 5.69 Å². The summed E-state index contributed by atoms with van der Waals surface area (Å²) in [7, 11) is 0. The molecule has 5 heteroatoms. The molecule has 1 aromatic heterocycles. The van der Waals surface area contributed by atoms with Crippen molar-refractivity contribution in [3.63, 3.8) is 0 Å². The molecule has 4 aromatic rings. The Labute approximate surface area is 168 Å². The monoisotopic (exact) mass is 384 g/mol. The predicted molar refractivity (Wildman–Crippen MR) is 113 cm³/mol. The predicted octanol–water partition coefficient (Wildman–Crippen LogP) is 4.83. The third-order valence-corrected chi connectivity index (χ3v) is 4.35. The fourth-order valence-corrected chi connectivity index (χ4v) is 2.96. The van der Waals surface area contributed by atoms with Gasteiger partial charge in [-0.3, -0.25) is 9.78 Å². The molecule has 0 aliphatic rings. The smallest absolute Gasteiger partial charge is 0.262 e. The SMILES string of the molecule is O=C(COc1ccccc1OCc1ccccc1)Nc1cccc2cccnc12. The highest BCUT2D eigenvalue weighted by molar-refractivity contribution is 6.00. The summed E-state index contributed by atoms with van der Waals surface area (Å²) in [5.74, 6) is 0.853. The Balaban J connectivity index is 1.39. The van der Waals surface area contributed by atoms with Crippen LogP contribution in [0.25, 0.3) is 10.9 Å². The van der Waals surface area contributed by atoms with Gasteiger partial charge in [0.15, 0.2) is 18.1 Å². The molecule has 0 unspecified atom stereocenters. The van der Waals surface area contributed by atoms with Gasteiger partial charge >= 0.3 is 0 Å². The molecule has 0 bridgehead atoms. The largest absolute Gasteiger partial charge is 0.485 e. The van der Waals surface area contributed by atoms with E-state index in [1.807, 2.05) is 78.9 Å². The molecule has 144 valence electrons. The van der Waals surface area contributed by atoms with Crippen LogP contribution in [0.2, 0.25) is 0 Å². The van der Waals surface area contributed by atoms with E-state index >= 15 is 0 Å². The number of fused-ring (bicyclic) bond motifs is 1. The van der Waals surface area contributed by atoms with Crippen LogP contribution in [0.5, 0.6) is 11.5 Å². The Morgan fingerprint density at radius 2 is 1.52 bits per heavy atom. The van der Waals surface area contributed by atoms with Crippen molar-refractivity contribution in [2.75, 3.05) is 11.9 Å². The molecular formula is C24H20N2O3. The zero-order chi connectivity index (χ0) is 19.9. The lowest BCUT2D eigenvalue weighted by molar-refractivity contribution is -0.118. The molecule has 1 amide bonds. The number of amides is 1. The molecule has 0 radical (unpaired) electrons. The minimum Gasteiger partial charge on any atom is -0.485 e. The maximum absolute atomic E-state index is 12.4. The molecule has 0 fully saturated rings. The third-order valence-electron chi connectivity index (χ3n) is 4.35. The maximum atomic E-state index is 12.4. The van der Waals surface area contributed by atoms with Crippen molar-refractivity contribution in [2.24, 2.45) is 0 Å². The molecule has 0 atom stereocenters. The molecule has 1 heterocycles. The van der Waals surface area contributed by atoms with E-state index in [0.29, 0.717) is 23.8 Å². The normalized spacial score (nSPS) is 10.5. The Kier molecular flexibility index (Phi) is 5.67. The van der Waals surface area contributed by atoms with E-state index in [0.717, 1.165) is 16.5 Å². The molecule has 0 aliphatic carbocycles. The van der Waals surface area contributed by atoms with Gasteiger partial charge < -0.3 is 14.8 Å². The van der Waals surface area contributed by atoms with Crippen LogP contribution in [0.3, 0.4) is 0 Å². The fourth-order valence-electron chi connectivity index (χ4n) is 2.96. The lowest BCUT2D eigenvalue weighted by Crippen LogP contribution is -2.20. The first-order chi connectivity index (χ1) is 14.3. The van der Waals surface area contributed by atoms with Crippen molar-refractivity contribution in [2.45, 2.75) is 6.61 Å². The standard InChI is InChI=1S/C24H20N2O3/c27-23(26-20-12-6-10-19-11-7-15-25-24(19)20)17-29-22-14-5-4-13-21(22)28-16-18-8-2-1-3-9-18/h1-15H,16-17H2,(H,26,27). The van der Waals surface area contributed by atoms with Crippen molar-refractivity contribution in [1.29, 1.82) is 0 Å². The number of nitrogens with zero attached hydrogens (tertiary/aromatic N) is 1. The Hall–Kier alpha value is -3.86. The van der Waals surface area contributed by atoms with Crippen molar-refractivity contribution in [1.82, 2.24) is 4.98 Å². The molecule has 1 N–H and O–H groups in total. The maximum Gasteiger partial charge on any atom is 0.262 e. The minimum atomic E-state index is -0.263. The van der Waals surface area contributed by atoms with Gasteiger partial charge in [0.1, 0.15) is 6.61 Å². The van der Waals surface area contributed by atoms with Crippen LogP contribution in [-0.4, -0.2) is 17.5 Å². The van der Waals surface area contributed by atoms with E-state index in [9.17, 15) is 4.79 Å². The number of carbonyl (C=O) groups is 1. The van der Waals surface area contributed by atoms with Crippen LogP contribution in [0.1, 0.15) is 5.56 Å². The van der Waals surface area contributed by atoms with Gasteiger partial charge in [-0.15, -0.1) is 0 Å². The Bertz CT molecular complexity index is 1110. The Morgan fingerprint density at radius 3 is 2.34 bits per heavy atom. The number of carbonyl (C=O) groups excluding carboxylic acids is 1. The number of ether oxygens (including phenoxy) is 2. The zero-order valence-electron chi connectivity index (χ0n) is 15.7. The van der Waals surface area contributed by atoms with Crippen molar-refractivity contribution < 1.29 is 14.3 Å². The third kappa shape index (κ3) is 4.71. The topological polar surface area (TPSA) is 60.5 Å². The number of benzene rings is 3. The summed E-state index contributed by atoms with van der Waals surface area (Å²) in [4.78, 5) is 16.8. The average molecular weight is 384 g/mol. The highest BCUT2D eigenvalue weighted by Gasteiger charge is 2.10. The van der Waals surface area contributed by atoms with Crippen LogP contribution in [0, 0.1) is 0 Å². The van der Waals surface area contributed by atoms with Crippen molar-refractivity contribution in [3.05, 3.63) is 96.7 Å². The van der Waals surface area contributed by atoms with Gasteiger partial charge in [0, 0.05) is 11.6 Å². The summed E-state index contributed by atoms with van der Waals surface area (Å²) >= 11 is 0. The van der Waals surface area contributed by atoms with Crippen LogP contribution >= 0.6 is 0 Å². The van der Waals surface area contributed by atoms with E-state index < -0.39 is 0 Å². The van der Waals surface area contributed by atoms with Crippen LogP contribution < -0.4 is 14.8 Å². The number of nitrogens with one attached hydrogen (secondary N) is 1. The molecule has 0 saturated carbocycles. The highest BCUT2D eigenvalue weighted by Crippen LogP contribution is 2.27. The number of pyridine rings is 1. The summed E-state index contributed by atoms with van der Waals surface area (Å²) in [5, 5.41) is 3.83. The number of rotatable bonds is 7. The number of hydrogen-bond acceptors (Lipinski definition) is 4. The molecule has 0 aliphatic heterocycles. The van der Waals surface area contributed by atoms with E-state index in [-0.39, 0.29) is 12.5 Å². The Morgan fingerprint density at radius 1 is 0.793 bits per heavy atom. The fraction of sp³-hybridized carbons (Fsp3) is 0.0833. The summed E-state index contributed by atoms with van der Waals surface area (Å²) in [6, 6.07) is 26.7. The molecule has 3 aromatic carbocycles. The van der Waals surface area contributed by atoms with E-state index in [2.05, 4.69) is 10.3 Å². The highest BCUT2D eigenvalue weighted by atomic mass is 16.5. The first-order valence-corrected chi connectivity index (χ1v) is 9.32. The van der Waals surface area contributed by atoms with Gasteiger partial charge in [-0.2, -0.15) is 0 Å². The molecule has 4 rings (SSSR count). The molecule has 0 spiro atoms. The van der Waals surface area contributed by atoms with E-state index in [1.165, 1.54) is 0 Å². The lowest BCUT2D eigenvalue weighted by Gasteiger charge is -2.13. The second-order valence-electron chi connectivity index (χ2n) is 6.44. The van der Waals surface area contributed by atoms with Gasteiger partial charge in [0.05, 0.1) is 11.2 Å². The second kappa shape index (κ2) is 8.89. The summed E-state index contributed by atoms with van der Waals surface area (Å²) < 4.78 is 11.6. The zero-order valence-corrected chi connectivity index (χ0v) is 15.7. The van der Waals surface area contributed by atoms with Gasteiger partial charge in [0.25, 0.3) is 5.91 Å². The van der Waals surface area contributed by atoms with Gasteiger partial charge in [-0.1, -0.05) is 60.7 Å². The van der Waals surface area contributed by atoms with Crippen LogP contribution in [0.15, 0.2) is 91.1 Å².